The summed E-state index contributed by atoms with van der Waals surface area (Å²) >= 11 is 0. The highest BCUT2D eigenvalue weighted by molar-refractivity contribution is 5.92. The lowest BCUT2D eigenvalue weighted by Crippen LogP contribution is -2.39. The van der Waals surface area contributed by atoms with Gasteiger partial charge in [-0.25, -0.2) is 0 Å². The number of rotatable bonds is 6. The van der Waals surface area contributed by atoms with Crippen LogP contribution < -0.4 is 9.88 Å². The van der Waals surface area contributed by atoms with Gasteiger partial charge in [0.1, 0.15) is 5.69 Å². The Labute approximate surface area is 128 Å². The molecule has 1 heterocycles. The molecule has 0 fully saturated rings. The van der Waals surface area contributed by atoms with Gasteiger partial charge in [0.2, 0.25) is 6.54 Å². The third-order valence-electron chi connectivity index (χ3n) is 3.20. The van der Waals surface area contributed by atoms with Crippen molar-refractivity contribution in [2.75, 3.05) is 5.32 Å². The van der Waals surface area contributed by atoms with Gasteiger partial charge in [0.15, 0.2) is 12.4 Å². The van der Waals surface area contributed by atoms with Crippen molar-refractivity contribution in [1.29, 1.82) is 0 Å². The van der Waals surface area contributed by atoms with Crippen molar-refractivity contribution in [2.45, 2.75) is 26.3 Å². The number of nitro benzene ring substituents is 1. The zero-order valence-electron chi connectivity index (χ0n) is 12.4. The molecule has 1 amide bonds. The molecule has 0 aliphatic heterocycles. The molecular formula is C16H18N3O3+. The summed E-state index contributed by atoms with van der Waals surface area (Å²) in [7, 11) is 0. The first-order valence-electron chi connectivity index (χ1n) is 7.11. The van der Waals surface area contributed by atoms with E-state index in [0.29, 0.717) is 0 Å². The second kappa shape index (κ2) is 7.31. The molecule has 6 nitrogen and oxygen atoms in total. The summed E-state index contributed by atoms with van der Waals surface area (Å²) < 4.78 is 1.74. The van der Waals surface area contributed by atoms with Crippen molar-refractivity contribution in [3.8, 4) is 0 Å². The Kier molecular flexibility index (Phi) is 5.19. The van der Waals surface area contributed by atoms with Crippen LogP contribution in [0.1, 0.15) is 18.9 Å². The topological polar surface area (TPSA) is 76.1 Å². The van der Waals surface area contributed by atoms with Crippen LogP contribution in [0.4, 0.5) is 11.4 Å². The number of nitro groups is 1. The molecule has 0 saturated carbocycles. The lowest BCUT2D eigenvalue weighted by molar-refractivity contribution is -0.684. The Morgan fingerprint density at radius 2 is 1.91 bits per heavy atom. The zero-order valence-corrected chi connectivity index (χ0v) is 12.4. The van der Waals surface area contributed by atoms with Crippen molar-refractivity contribution in [2.24, 2.45) is 0 Å². The molecular weight excluding hydrogens is 282 g/mol. The Bertz CT molecular complexity index is 669. The molecule has 2 aromatic rings. The maximum atomic E-state index is 12.0. The van der Waals surface area contributed by atoms with Gasteiger partial charge in [-0.15, -0.1) is 0 Å². The van der Waals surface area contributed by atoms with Crippen LogP contribution in [-0.4, -0.2) is 10.8 Å². The third-order valence-corrected chi connectivity index (χ3v) is 3.20. The molecule has 2 rings (SSSR count). The summed E-state index contributed by atoms with van der Waals surface area (Å²) in [5.74, 6) is -0.303. The normalized spacial score (nSPS) is 10.2. The van der Waals surface area contributed by atoms with Crippen molar-refractivity contribution in [1.82, 2.24) is 0 Å². The molecule has 0 atom stereocenters. The van der Waals surface area contributed by atoms with Crippen LogP contribution in [-0.2, 0) is 17.8 Å². The fourth-order valence-electron chi connectivity index (χ4n) is 2.14. The average Bonchev–Trinajstić information content (AvgIpc) is 2.50. The largest absolute Gasteiger partial charge is 0.315 e. The number of nitrogens with zero attached hydrogens (tertiary/aromatic N) is 2. The number of pyridine rings is 1. The summed E-state index contributed by atoms with van der Waals surface area (Å²) in [4.78, 5) is 22.4. The number of para-hydroxylation sites is 2. The Morgan fingerprint density at radius 3 is 2.55 bits per heavy atom. The van der Waals surface area contributed by atoms with Crippen molar-refractivity contribution >= 4 is 17.3 Å². The van der Waals surface area contributed by atoms with Gasteiger partial charge in [-0.3, -0.25) is 14.9 Å². The van der Waals surface area contributed by atoms with Gasteiger partial charge in [-0.05, 0) is 18.1 Å². The second-order valence-corrected chi connectivity index (χ2v) is 4.95. The monoisotopic (exact) mass is 300 g/mol. The quantitative estimate of drug-likeness (QED) is 0.506. The number of aryl methyl sites for hydroxylation is 1. The fourth-order valence-corrected chi connectivity index (χ4v) is 2.14. The van der Waals surface area contributed by atoms with Crippen LogP contribution in [0, 0.1) is 10.1 Å². The van der Waals surface area contributed by atoms with Crippen LogP contribution in [0.25, 0.3) is 0 Å². The highest BCUT2D eigenvalue weighted by Crippen LogP contribution is 2.22. The van der Waals surface area contributed by atoms with Gasteiger partial charge in [-0.1, -0.05) is 25.5 Å². The van der Waals surface area contributed by atoms with E-state index < -0.39 is 4.92 Å². The van der Waals surface area contributed by atoms with Crippen LogP contribution in [0.2, 0.25) is 0 Å². The molecule has 0 aliphatic carbocycles. The Balaban J connectivity index is 2.02. The van der Waals surface area contributed by atoms with E-state index in [0.717, 1.165) is 12.8 Å². The minimum absolute atomic E-state index is 0.110. The molecule has 114 valence electrons. The third kappa shape index (κ3) is 4.12. The molecule has 6 heteroatoms. The number of carbonyl (C=O) groups excluding carboxylic acids is 1. The predicted molar refractivity (Wildman–Crippen MR) is 82.4 cm³/mol. The number of carbonyl (C=O) groups is 1. The molecule has 0 unspecified atom stereocenters. The predicted octanol–water partition coefficient (Wildman–Crippen LogP) is 2.47. The van der Waals surface area contributed by atoms with Gasteiger partial charge >= 0.3 is 0 Å². The molecule has 0 radical (unpaired) electrons. The number of aromatic nitrogens is 1. The van der Waals surface area contributed by atoms with Crippen molar-refractivity contribution in [3.05, 3.63) is 64.5 Å². The van der Waals surface area contributed by atoms with Gasteiger partial charge < -0.3 is 5.32 Å². The van der Waals surface area contributed by atoms with Gasteiger partial charge in [0.25, 0.3) is 11.6 Å². The van der Waals surface area contributed by atoms with Crippen molar-refractivity contribution in [3.63, 3.8) is 0 Å². The van der Waals surface area contributed by atoms with E-state index in [1.165, 1.54) is 17.7 Å². The summed E-state index contributed by atoms with van der Waals surface area (Å²) in [5, 5.41) is 13.5. The highest BCUT2D eigenvalue weighted by atomic mass is 16.6. The number of anilines is 1. The van der Waals surface area contributed by atoms with E-state index in [2.05, 4.69) is 12.2 Å². The highest BCUT2D eigenvalue weighted by Gasteiger charge is 2.16. The molecule has 1 aromatic heterocycles. The first-order chi connectivity index (χ1) is 10.6. The van der Waals surface area contributed by atoms with Crippen LogP contribution in [0.3, 0.4) is 0 Å². The zero-order chi connectivity index (χ0) is 15.9. The van der Waals surface area contributed by atoms with E-state index in [-0.39, 0.29) is 23.8 Å². The fraction of sp³-hybridized carbons (Fsp3) is 0.250. The first-order valence-corrected chi connectivity index (χ1v) is 7.11. The van der Waals surface area contributed by atoms with Gasteiger partial charge in [0, 0.05) is 18.2 Å². The molecule has 1 N–H and O–H groups in total. The molecule has 1 aromatic carbocycles. The van der Waals surface area contributed by atoms with E-state index in [1.807, 2.05) is 24.5 Å². The standard InChI is InChI=1S/C16H17N3O3/c1-2-5-13-8-10-18(11-9-13)12-16(20)17-14-6-3-4-7-15(14)19(21)22/h3-4,6-11H,2,5,12H2,1H3/p+1. The lowest BCUT2D eigenvalue weighted by atomic mass is 10.2. The molecule has 0 spiro atoms. The Hall–Kier alpha value is -2.76. The maximum Gasteiger partial charge on any atom is 0.292 e. The minimum Gasteiger partial charge on any atom is -0.315 e. The number of hydrogen-bond acceptors (Lipinski definition) is 3. The molecule has 22 heavy (non-hydrogen) atoms. The van der Waals surface area contributed by atoms with E-state index in [1.54, 1.807) is 16.7 Å². The van der Waals surface area contributed by atoms with E-state index in [9.17, 15) is 14.9 Å². The number of nitrogens with one attached hydrogen (secondary N) is 1. The average molecular weight is 300 g/mol. The molecule has 0 bridgehead atoms. The number of benzene rings is 1. The SMILES string of the molecule is CCCc1cc[n+](CC(=O)Nc2ccccc2[N+](=O)[O-])cc1. The maximum absolute atomic E-state index is 12.0. The van der Waals surface area contributed by atoms with Crippen LogP contribution >= 0.6 is 0 Å². The van der Waals surface area contributed by atoms with E-state index >= 15 is 0 Å². The van der Waals surface area contributed by atoms with Gasteiger partial charge in [-0.2, -0.15) is 4.57 Å². The van der Waals surface area contributed by atoms with Gasteiger partial charge in [0.05, 0.1) is 4.92 Å². The minimum atomic E-state index is -0.512. The smallest absolute Gasteiger partial charge is 0.292 e. The summed E-state index contributed by atoms with van der Waals surface area (Å²) in [6.07, 6.45) is 5.75. The Morgan fingerprint density at radius 1 is 1.23 bits per heavy atom. The number of hydrogen-bond donors (Lipinski definition) is 1. The van der Waals surface area contributed by atoms with Crippen LogP contribution in [0.5, 0.6) is 0 Å². The second-order valence-electron chi connectivity index (χ2n) is 4.95. The number of amides is 1. The van der Waals surface area contributed by atoms with Crippen LogP contribution in [0.15, 0.2) is 48.8 Å². The summed E-state index contributed by atoms with van der Waals surface area (Å²) in [6, 6.07) is 10.0. The van der Waals surface area contributed by atoms with E-state index in [4.69, 9.17) is 0 Å². The summed E-state index contributed by atoms with van der Waals surface area (Å²) in [5.41, 5.74) is 1.32. The summed E-state index contributed by atoms with van der Waals surface area (Å²) in [6.45, 7) is 2.22. The first kappa shape index (κ1) is 15.6. The molecule has 0 saturated heterocycles. The lowest BCUT2D eigenvalue weighted by Gasteiger charge is -2.04. The molecule has 0 aliphatic rings. The van der Waals surface area contributed by atoms with Crippen molar-refractivity contribution < 1.29 is 14.3 Å².